The molecule has 4 aromatic rings. The molecular formula is C34H32N2O8S. The van der Waals surface area contributed by atoms with E-state index in [4.69, 9.17) is 28.7 Å². The third-order valence-corrected chi connectivity index (χ3v) is 7.94. The van der Waals surface area contributed by atoms with Crippen LogP contribution in [0.5, 0.6) is 17.2 Å². The van der Waals surface area contributed by atoms with Crippen LogP contribution in [0.15, 0.2) is 88.2 Å². The number of methoxy groups -OCH3 is 2. The van der Waals surface area contributed by atoms with Crippen LogP contribution in [0, 0.1) is 0 Å². The molecule has 11 heteroatoms. The molecule has 0 N–H and O–H groups in total. The van der Waals surface area contributed by atoms with Gasteiger partial charge in [0.15, 0.2) is 22.9 Å². The maximum atomic E-state index is 14.2. The fraction of sp³-hybridized carbons (Fsp3) is 0.235. The highest BCUT2D eigenvalue weighted by Crippen LogP contribution is 2.36. The van der Waals surface area contributed by atoms with E-state index in [0.717, 1.165) is 0 Å². The standard InChI is InChI=1S/C34H32N2O8S/c1-5-42-27(37)20-44-31-23(13-10-14-25(31)41-4)19-26-32(38)36-30(22-15-17-24(40-3)18-16-22)28(33(39)43-6-2)29(35-34(36)45-26)21-11-8-7-9-12-21/h7-19,30H,5-6,20H2,1-4H3/b26-19-/t30-/m1/s1. The van der Waals surface area contributed by atoms with Crippen LogP contribution in [0.2, 0.25) is 0 Å². The molecule has 1 atom stereocenters. The van der Waals surface area contributed by atoms with Gasteiger partial charge in [-0.2, -0.15) is 0 Å². The number of hydrogen-bond donors (Lipinski definition) is 0. The van der Waals surface area contributed by atoms with E-state index in [1.165, 1.54) is 23.0 Å². The molecule has 1 aliphatic heterocycles. The number of ether oxygens (including phenoxy) is 5. The number of rotatable bonds is 11. The van der Waals surface area contributed by atoms with Gasteiger partial charge in [-0.15, -0.1) is 0 Å². The quantitative estimate of drug-likeness (QED) is 0.230. The summed E-state index contributed by atoms with van der Waals surface area (Å²) in [5, 5.41) is 0. The number of benzene rings is 3. The van der Waals surface area contributed by atoms with Crippen LogP contribution in [-0.4, -0.2) is 50.5 Å². The van der Waals surface area contributed by atoms with Crippen molar-refractivity contribution in [2.75, 3.05) is 34.0 Å². The second kappa shape index (κ2) is 14.1. The molecule has 5 rings (SSSR count). The van der Waals surface area contributed by atoms with Crippen molar-refractivity contribution in [1.29, 1.82) is 0 Å². The number of thiazole rings is 1. The third kappa shape index (κ3) is 6.53. The van der Waals surface area contributed by atoms with Gasteiger partial charge in [-0.25, -0.2) is 14.6 Å². The first kappa shape index (κ1) is 31.3. The van der Waals surface area contributed by atoms with E-state index in [9.17, 15) is 14.4 Å². The predicted octanol–water partition coefficient (Wildman–Crippen LogP) is 3.89. The van der Waals surface area contributed by atoms with Crippen molar-refractivity contribution in [3.05, 3.63) is 115 Å². The number of esters is 2. The summed E-state index contributed by atoms with van der Waals surface area (Å²) >= 11 is 1.17. The Kier molecular flexibility index (Phi) is 9.79. The van der Waals surface area contributed by atoms with Crippen molar-refractivity contribution in [1.82, 2.24) is 4.57 Å². The first-order valence-corrected chi connectivity index (χ1v) is 15.1. The molecule has 0 spiro atoms. The summed E-state index contributed by atoms with van der Waals surface area (Å²) in [4.78, 5) is 45.2. The van der Waals surface area contributed by atoms with Crippen LogP contribution >= 0.6 is 11.3 Å². The topological polar surface area (TPSA) is 115 Å². The molecule has 45 heavy (non-hydrogen) atoms. The van der Waals surface area contributed by atoms with Crippen molar-refractivity contribution in [3.63, 3.8) is 0 Å². The van der Waals surface area contributed by atoms with Crippen LogP contribution in [0.1, 0.15) is 36.6 Å². The highest BCUT2D eigenvalue weighted by molar-refractivity contribution is 7.07. The number of nitrogens with zero attached hydrogens (tertiary/aromatic N) is 2. The van der Waals surface area contributed by atoms with Crippen molar-refractivity contribution in [2.45, 2.75) is 19.9 Å². The Morgan fingerprint density at radius 1 is 0.911 bits per heavy atom. The predicted molar refractivity (Wildman–Crippen MR) is 169 cm³/mol. The Labute approximate surface area is 263 Å². The molecule has 0 aliphatic carbocycles. The van der Waals surface area contributed by atoms with Crippen LogP contribution in [0.3, 0.4) is 0 Å². The Balaban J connectivity index is 1.75. The van der Waals surface area contributed by atoms with Gasteiger partial charge >= 0.3 is 11.9 Å². The molecule has 0 fully saturated rings. The molecule has 232 valence electrons. The summed E-state index contributed by atoms with van der Waals surface area (Å²) in [5.41, 5.74) is 2.19. The minimum absolute atomic E-state index is 0.147. The average molecular weight is 629 g/mol. The van der Waals surface area contributed by atoms with Crippen molar-refractivity contribution < 1.29 is 33.3 Å². The van der Waals surface area contributed by atoms with E-state index in [0.29, 0.717) is 43.2 Å². The Hall–Kier alpha value is -5.16. The number of para-hydroxylation sites is 1. The van der Waals surface area contributed by atoms with E-state index in [1.807, 2.05) is 42.5 Å². The largest absolute Gasteiger partial charge is 0.497 e. The number of hydrogen-bond acceptors (Lipinski definition) is 10. The van der Waals surface area contributed by atoms with Crippen LogP contribution in [0.25, 0.3) is 11.8 Å². The minimum atomic E-state index is -0.839. The van der Waals surface area contributed by atoms with Gasteiger partial charge in [0.25, 0.3) is 5.56 Å². The van der Waals surface area contributed by atoms with Gasteiger partial charge in [0, 0.05) is 11.1 Å². The average Bonchev–Trinajstić information content (AvgIpc) is 3.37. The van der Waals surface area contributed by atoms with Crippen LogP contribution in [0.4, 0.5) is 0 Å². The first-order valence-electron chi connectivity index (χ1n) is 14.3. The maximum Gasteiger partial charge on any atom is 0.344 e. The molecule has 3 aromatic carbocycles. The number of carbonyl (C=O) groups excluding carboxylic acids is 2. The second-order valence-electron chi connectivity index (χ2n) is 9.68. The monoisotopic (exact) mass is 628 g/mol. The molecular weight excluding hydrogens is 596 g/mol. The number of carbonyl (C=O) groups is 2. The summed E-state index contributed by atoms with van der Waals surface area (Å²) < 4.78 is 29.0. The highest BCUT2D eigenvalue weighted by Gasteiger charge is 2.35. The molecule has 2 heterocycles. The summed E-state index contributed by atoms with van der Waals surface area (Å²) in [6.45, 7) is 3.47. The number of aromatic nitrogens is 1. The van der Waals surface area contributed by atoms with Crippen LogP contribution < -0.4 is 29.1 Å². The Morgan fingerprint density at radius 2 is 1.64 bits per heavy atom. The van der Waals surface area contributed by atoms with Crippen molar-refractivity contribution >= 4 is 35.0 Å². The zero-order valence-corrected chi connectivity index (χ0v) is 26.1. The lowest BCUT2D eigenvalue weighted by molar-refractivity contribution is -0.145. The Morgan fingerprint density at radius 3 is 2.31 bits per heavy atom. The minimum Gasteiger partial charge on any atom is -0.497 e. The molecule has 0 unspecified atom stereocenters. The summed E-state index contributed by atoms with van der Waals surface area (Å²) in [7, 11) is 3.06. The van der Waals surface area contributed by atoms with E-state index in [1.54, 1.807) is 57.4 Å². The summed E-state index contributed by atoms with van der Waals surface area (Å²) in [5.74, 6) is 0.186. The first-order chi connectivity index (χ1) is 21.9. The molecule has 0 saturated heterocycles. The maximum absolute atomic E-state index is 14.2. The molecule has 1 aliphatic rings. The fourth-order valence-electron chi connectivity index (χ4n) is 4.98. The van der Waals surface area contributed by atoms with E-state index < -0.39 is 18.0 Å². The molecule has 1 aromatic heterocycles. The lowest BCUT2D eigenvalue weighted by atomic mass is 9.93. The van der Waals surface area contributed by atoms with E-state index >= 15 is 0 Å². The van der Waals surface area contributed by atoms with Gasteiger partial charge in [0.2, 0.25) is 0 Å². The van der Waals surface area contributed by atoms with Gasteiger partial charge in [0.05, 0.1) is 49.3 Å². The highest BCUT2D eigenvalue weighted by atomic mass is 32.1. The number of fused-ring (bicyclic) bond motifs is 1. The zero-order valence-electron chi connectivity index (χ0n) is 25.3. The molecule has 0 bridgehead atoms. The van der Waals surface area contributed by atoms with E-state index in [2.05, 4.69) is 0 Å². The lowest BCUT2D eigenvalue weighted by Gasteiger charge is -2.26. The lowest BCUT2D eigenvalue weighted by Crippen LogP contribution is -2.40. The van der Waals surface area contributed by atoms with Crippen molar-refractivity contribution in [2.24, 2.45) is 4.99 Å². The van der Waals surface area contributed by atoms with E-state index in [-0.39, 0.29) is 36.7 Å². The second-order valence-corrected chi connectivity index (χ2v) is 10.7. The Bertz CT molecular complexity index is 1910. The van der Waals surface area contributed by atoms with Crippen LogP contribution in [-0.2, 0) is 19.1 Å². The smallest absolute Gasteiger partial charge is 0.344 e. The molecule has 10 nitrogen and oxygen atoms in total. The summed E-state index contributed by atoms with van der Waals surface area (Å²) in [6.07, 6.45) is 1.66. The van der Waals surface area contributed by atoms with Gasteiger partial charge in [-0.05, 0) is 43.7 Å². The molecule has 0 saturated carbocycles. The van der Waals surface area contributed by atoms with Gasteiger partial charge in [-0.3, -0.25) is 9.36 Å². The molecule has 0 amide bonds. The fourth-order valence-corrected chi connectivity index (χ4v) is 5.97. The van der Waals surface area contributed by atoms with Gasteiger partial charge in [-0.1, -0.05) is 65.9 Å². The van der Waals surface area contributed by atoms with Gasteiger partial charge < -0.3 is 23.7 Å². The third-order valence-electron chi connectivity index (χ3n) is 6.96. The van der Waals surface area contributed by atoms with Crippen molar-refractivity contribution in [3.8, 4) is 17.2 Å². The van der Waals surface area contributed by atoms with Gasteiger partial charge in [0.1, 0.15) is 5.75 Å². The normalized spacial score (nSPS) is 14.3. The summed E-state index contributed by atoms with van der Waals surface area (Å²) in [6, 6.07) is 20.9. The zero-order chi connectivity index (χ0) is 31.9. The molecule has 0 radical (unpaired) electrons. The SMILES string of the molecule is CCOC(=O)COc1c(/C=c2\sc3n(c2=O)[C@H](c2ccc(OC)cc2)C(C(=O)OCC)=C(c2ccccc2)N=3)cccc1OC.